The monoisotopic (exact) mass is 171 g/mol. The Morgan fingerprint density at radius 3 is 2.58 bits per heavy atom. The van der Waals surface area contributed by atoms with E-state index in [9.17, 15) is 4.79 Å². The molecule has 0 radical (unpaired) electrons. The molecule has 0 heterocycles. The van der Waals surface area contributed by atoms with Gasteiger partial charge in [-0.15, -0.1) is 0 Å². The summed E-state index contributed by atoms with van der Waals surface area (Å²) in [6.07, 6.45) is 2.63. The number of rotatable bonds is 3. The molecule has 0 amide bonds. The van der Waals surface area contributed by atoms with Gasteiger partial charge in [0.15, 0.2) is 0 Å². The topological polar surface area (TPSA) is 52.3 Å². The molecule has 0 spiro atoms. The molecule has 2 N–H and O–H groups in total. The van der Waals surface area contributed by atoms with E-state index in [0.717, 1.165) is 18.8 Å². The first kappa shape index (κ1) is 9.52. The van der Waals surface area contributed by atoms with Crippen molar-refractivity contribution in [3.63, 3.8) is 0 Å². The molecule has 1 fully saturated rings. The second-order valence-electron chi connectivity index (χ2n) is 3.97. The van der Waals surface area contributed by atoms with E-state index in [1.165, 1.54) is 7.11 Å². The van der Waals surface area contributed by atoms with Gasteiger partial charge in [-0.1, -0.05) is 6.92 Å². The van der Waals surface area contributed by atoms with E-state index in [1.54, 1.807) is 0 Å². The van der Waals surface area contributed by atoms with Gasteiger partial charge in [0.1, 0.15) is 0 Å². The van der Waals surface area contributed by atoms with E-state index in [2.05, 4.69) is 11.7 Å². The molecule has 0 saturated heterocycles. The van der Waals surface area contributed by atoms with Gasteiger partial charge < -0.3 is 10.5 Å². The summed E-state index contributed by atoms with van der Waals surface area (Å²) in [5.74, 6) is 0.588. The first-order chi connectivity index (χ1) is 5.62. The van der Waals surface area contributed by atoms with Gasteiger partial charge in [-0.25, -0.2) is 0 Å². The minimum absolute atomic E-state index is 0.0620. The summed E-state index contributed by atoms with van der Waals surface area (Å²) in [6.45, 7) is 2.79. The van der Waals surface area contributed by atoms with Crippen molar-refractivity contribution in [1.29, 1.82) is 0 Å². The average molecular weight is 171 g/mol. The Kier molecular flexibility index (Phi) is 2.73. The molecule has 1 aliphatic carbocycles. The minimum Gasteiger partial charge on any atom is -0.469 e. The third kappa shape index (κ3) is 1.78. The third-order valence-corrected chi connectivity index (χ3v) is 2.74. The van der Waals surface area contributed by atoms with Crippen LogP contribution in [0.4, 0.5) is 0 Å². The first-order valence-electron chi connectivity index (χ1n) is 4.39. The molecule has 0 aliphatic heterocycles. The van der Waals surface area contributed by atoms with E-state index < -0.39 is 0 Å². The zero-order chi connectivity index (χ0) is 9.19. The van der Waals surface area contributed by atoms with Crippen molar-refractivity contribution in [3.8, 4) is 0 Å². The van der Waals surface area contributed by atoms with Crippen LogP contribution >= 0.6 is 0 Å². The van der Waals surface area contributed by atoms with Crippen molar-refractivity contribution in [2.45, 2.75) is 26.2 Å². The number of carbonyl (C=O) groups is 1. The predicted molar refractivity (Wildman–Crippen MR) is 46.5 cm³/mol. The standard InChI is InChI=1S/C9H17NO2/c1-7-3-9(4-7,6-10)5-8(11)12-2/h7H,3-6,10H2,1-2H3. The Hall–Kier alpha value is -0.570. The Morgan fingerprint density at radius 1 is 1.67 bits per heavy atom. The van der Waals surface area contributed by atoms with E-state index in [1.807, 2.05) is 0 Å². The number of carbonyl (C=O) groups excluding carboxylic acids is 1. The van der Waals surface area contributed by atoms with Crippen LogP contribution in [0.2, 0.25) is 0 Å². The summed E-state index contributed by atoms with van der Waals surface area (Å²) < 4.78 is 4.62. The summed E-state index contributed by atoms with van der Waals surface area (Å²) in [4.78, 5) is 11.0. The summed E-state index contributed by atoms with van der Waals surface area (Å²) in [5, 5.41) is 0. The second-order valence-corrected chi connectivity index (χ2v) is 3.97. The quantitative estimate of drug-likeness (QED) is 0.642. The molecule has 1 aliphatic rings. The van der Waals surface area contributed by atoms with Gasteiger partial charge in [0.2, 0.25) is 0 Å². The number of esters is 1. The Morgan fingerprint density at radius 2 is 2.25 bits per heavy atom. The smallest absolute Gasteiger partial charge is 0.306 e. The maximum absolute atomic E-state index is 11.0. The lowest BCUT2D eigenvalue weighted by Crippen LogP contribution is -2.43. The Labute approximate surface area is 73.3 Å². The van der Waals surface area contributed by atoms with E-state index in [0.29, 0.717) is 13.0 Å². The van der Waals surface area contributed by atoms with Gasteiger partial charge in [-0.2, -0.15) is 0 Å². The zero-order valence-corrected chi connectivity index (χ0v) is 7.80. The number of hydrogen-bond donors (Lipinski definition) is 1. The highest BCUT2D eigenvalue weighted by Crippen LogP contribution is 2.47. The fourth-order valence-electron chi connectivity index (χ4n) is 2.18. The van der Waals surface area contributed by atoms with Gasteiger partial charge in [0.05, 0.1) is 13.5 Å². The largest absolute Gasteiger partial charge is 0.469 e. The first-order valence-corrected chi connectivity index (χ1v) is 4.39. The highest BCUT2D eigenvalue weighted by molar-refractivity contribution is 5.70. The summed E-state index contributed by atoms with van der Waals surface area (Å²) in [7, 11) is 1.43. The molecule has 70 valence electrons. The number of hydrogen-bond acceptors (Lipinski definition) is 3. The molecule has 0 atom stereocenters. The van der Waals surface area contributed by atoms with Crippen molar-refractivity contribution < 1.29 is 9.53 Å². The lowest BCUT2D eigenvalue weighted by atomic mass is 9.61. The van der Waals surface area contributed by atoms with Crippen LogP contribution in [-0.4, -0.2) is 19.6 Å². The van der Waals surface area contributed by atoms with Crippen molar-refractivity contribution >= 4 is 5.97 Å². The molecule has 0 bridgehead atoms. The van der Waals surface area contributed by atoms with E-state index >= 15 is 0 Å². The van der Waals surface area contributed by atoms with Crippen molar-refractivity contribution in [3.05, 3.63) is 0 Å². The molecule has 0 unspecified atom stereocenters. The summed E-state index contributed by atoms with van der Waals surface area (Å²) in [6, 6.07) is 0. The SMILES string of the molecule is COC(=O)CC1(CN)CC(C)C1. The minimum atomic E-state index is -0.132. The normalized spacial score (nSPS) is 34.1. The van der Waals surface area contributed by atoms with Crippen LogP contribution in [-0.2, 0) is 9.53 Å². The fourth-order valence-corrected chi connectivity index (χ4v) is 2.18. The van der Waals surface area contributed by atoms with E-state index in [4.69, 9.17) is 5.73 Å². The van der Waals surface area contributed by atoms with Crippen LogP contribution in [0.3, 0.4) is 0 Å². The van der Waals surface area contributed by atoms with Crippen LogP contribution in [0.1, 0.15) is 26.2 Å². The van der Waals surface area contributed by atoms with Crippen molar-refractivity contribution in [2.24, 2.45) is 17.1 Å². The fraction of sp³-hybridized carbons (Fsp3) is 0.889. The molecule has 0 aromatic heterocycles. The highest BCUT2D eigenvalue weighted by atomic mass is 16.5. The van der Waals surface area contributed by atoms with Crippen molar-refractivity contribution in [2.75, 3.05) is 13.7 Å². The number of methoxy groups -OCH3 is 1. The van der Waals surface area contributed by atoms with Crippen LogP contribution < -0.4 is 5.73 Å². The zero-order valence-electron chi connectivity index (χ0n) is 7.80. The second kappa shape index (κ2) is 3.44. The molecule has 3 heteroatoms. The Balaban J connectivity index is 2.42. The van der Waals surface area contributed by atoms with Gasteiger partial charge >= 0.3 is 5.97 Å². The lowest BCUT2D eigenvalue weighted by molar-refractivity contribution is -0.145. The average Bonchev–Trinajstić information content (AvgIpc) is 2.01. The Bertz CT molecular complexity index is 173. The highest BCUT2D eigenvalue weighted by Gasteiger charge is 2.42. The van der Waals surface area contributed by atoms with E-state index in [-0.39, 0.29) is 11.4 Å². The van der Waals surface area contributed by atoms with Crippen LogP contribution in [0, 0.1) is 11.3 Å². The molecular weight excluding hydrogens is 154 g/mol. The number of ether oxygens (including phenoxy) is 1. The molecule has 12 heavy (non-hydrogen) atoms. The van der Waals surface area contributed by atoms with Gasteiger partial charge in [0.25, 0.3) is 0 Å². The molecule has 1 rings (SSSR count). The molecule has 1 saturated carbocycles. The predicted octanol–water partition coefficient (Wildman–Crippen LogP) is 0.924. The van der Waals surface area contributed by atoms with Crippen LogP contribution in [0.25, 0.3) is 0 Å². The lowest BCUT2D eigenvalue weighted by Gasteiger charge is -2.45. The molecular formula is C9H17NO2. The van der Waals surface area contributed by atoms with Gasteiger partial charge in [-0.3, -0.25) is 4.79 Å². The maximum Gasteiger partial charge on any atom is 0.306 e. The van der Waals surface area contributed by atoms with Gasteiger partial charge in [0, 0.05) is 0 Å². The third-order valence-electron chi connectivity index (χ3n) is 2.74. The molecule has 3 nitrogen and oxygen atoms in total. The summed E-state index contributed by atoms with van der Waals surface area (Å²) >= 11 is 0. The number of nitrogens with two attached hydrogens (primary N) is 1. The van der Waals surface area contributed by atoms with Gasteiger partial charge in [-0.05, 0) is 30.7 Å². The molecule has 0 aromatic carbocycles. The summed E-state index contributed by atoms with van der Waals surface area (Å²) in [5.41, 5.74) is 5.69. The van der Waals surface area contributed by atoms with Crippen LogP contribution in [0.15, 0.2) is 0 Å². The van der Waals surface area contributed by atoms with Crippen LogP contribution in [0.5, 0.6) is 0 Å². The molecule has 0 aromatic rings. The maximum atomic E-state index is 11.0. The van der Waals surface area contributed by atoms with Crippen molar-refractivity contribution in [1.82, 2.24) is 0 Å².